The Morgan fingerprint density at radius 1 is 1.25 bits per heavy atom. The van der Waals surface area contributed by atoms with Gasteiger partial charge in [0.1, 0.15) is 5.15 Å². The fourth-order valence-corrected chi connectivity index (χ4v) is 4.47. The van der Waals surface area contributed by atoms with E-state index in [1.807, 2.05) is 0 Å². The molecule has 0 saturated heterocycles. The van der Waals surface area contributed by atoms with E-state index in [0.717, 1.165) is 17.2 Å². The summed E-state index contributed by atoms with van der Waals surface area (Å²) in [5.41, 5.74) is 5.95. The summed E-state index contributed by atoms with van der Waals surface area (Å²) in [6.45, 7) is 9.06. The second kappa shape index (κ2) is 9.33. The molecule has 172 valence electrons. The van der Waals surface area contributed by atoms with Gasteiger partial charge in [0, 0.05) is 5.56 Å². The van der Waals surface area contributed by atoms with Gasteiger partial charge in [0.05, 0.1) is 22.2 Å². The molecule has 3 aromatic rings. The van der Waals surface area contributed by atoms with Crippen LogP contribution in [0.3, 0.4) is 0 Å². The van der Waals surface area contributed by atoms with Gasteiger partial charge >= 0.3 is 5.69 Å². The molecule has 0 fully saturated rings. The molecule has 0 aliphatic heterocycles. The van der Waals surface area contributed by atoms with Gasteiger partial charge in [0.25, 0.3) is 11.9 Å². The Morgan fingerprint density at radius 2 is 1.94 bits per heavy atom. The van der Waals surface area contributed by atoms with E-state index in [-0.39, 0.29) is 38.4 Å². The van der Waals surface area contributed by atoms with E-state index in [9.17, 15) is 9.59 Å². The van der Waals surface area contributed by atoms with Crippen molar-refractivity contribution in [2.45, 2.75) is 40.5 Å². The standard InChI is InChI=1S/C22H25Cl3N4O3/c1-11(10-22(2,3)4)7-8-32-20-27-19-16(18(26)30)15(17(25)29(19)21(31)28-20)12-5-6-13(23)14(24)9-12/h5-6,9,11H,7-8,10H2,1-4H3,(H2,26,30)(H,27,28,31). The number of fused-ring (bicyclic) bond motifs is 1. The lowest BCUT2D eigenvalue weighted by atomic mass is 9.84. The molecule has 1 atom stereocenters. The van der Waals surface area contributed by atoms with Gasteiger partial charge in [-0.3, -0.25) is 9.78 Å². The van der Waals surface area contributed by atoms with Gasteiger partial charge in [-0.1, -0.05) is 68.6 Å². The number of aromatic amines is 1. The minimum Gasteiger partial charge on any atom is -0.465 e. The maximum Gasteiger partial charge on any atom is 0.336 e. The van der Waals surface area contributed by atoms with Gasteiger partial charge in [-0.2, -0.15) is 4.98 Å². The normalized spacial score (nSPS) is 12.8. The van der Waals surface area contributed by atoms with Crippen LogP contribution in [-0.4, -0.2) is 26.9 Å². The van der Waals surface area contributed by atoms with E-state index in [1.165, 1.54) is 0 Å². The van der Waals surface area contributed by atoms with E-state index in [2.05, 4.69) is 37.7 Å². The Hall–Kier alpha value is -2.22. The van der Waals surface area contributed by atoms with Gasteiger partial charge < -0.3 is 10.5 Å². The molecule has 32 heavy (non-hydrogen) atoms. The summed E-state index contributed by atoms with van der Waals surface area (Å²) < 4.78 is 6.77. The van der Waals surface area contributed by atoms with Crippen LogP contribution in [0.25, 0.3) is 16.8 Å². The van der Waals surface area contributed by atoms with Gasteiger partial charge in [0.2, 0.25) is 0 Å². The van der Waals surface area contributed by atoms with Crippen LogP contribution in [0.15, 0.2) is 23.0 Å². The highest BCUT2D eigenvalue weighted by Gasteiger charge is 2.26. The molecule has 10 heteroatoms. The zero-order valence-electron chi connectivity index (χ0n) is 18.3. The molecule has 7 nitrogen and oxygen atoms in total. The highest BCUT2D eigenvalue weighted by atomic mass is 35.5. The zero-order valence-corrected chi connectivity index (χ0v) is 20.5. The van der Waals surface area contributed by atoms with Crippen LogP contribution in [0.1, 0.15) is 50.9 Å². The first kappa shape index (κ1) is 24.4. The first-order valence-electron chi connectivity index (χ1n) is 10.1. The van der Waals surface area contributed by atoms with E-state index in [1.54, 1.807) is 18.2 Å². The van der Waals surface area contributed by atoms with Crippen LogP contribution < -0.4 is 16.2 Å². The number of hydrogen-bond donors (Lipinski definition) is 2. The Balaban J connectivity index is 2.00. The Labute approximate surface area is 200 Å². The van der Waals surface area contributed by atoms with Crippen LogP contribution in [-0.2, 0) is 0 Å². The third-order valence-corrected chi connectivity index (χ3v) is 6.07. The molecule has 1 unspecified atom stereocenters. The third kappa shape index (κ3) is 5.22. The largest absolute Gasteiger partial charge is 0.465 e. The van der Waals surface area contributed by atoms with Gasteiger partial charge in [-0.15, -0.1) is 0 Å². The summed E-state index contributed by atoms with van der Waals surface area (Å²) in [6, 6.07) is 4.72. The molecule has 2 heterocycles. The highest BCUT2D eigenvalue weighted by molar-refractivity contribution is 6.42. The lowest BCUT2D eigenvalue weighted by Gasteiger charge is -2.23. The van der Waals surface area contributed by atoms with Crippen molar-refractivity contribution >= 4 is 46.4 Å². The monoisotopic (exact) mass is 498 g/mol. The van der Waals surface area contributed by atoms with Crippen molar-refractivity contribution in [2.24, 2.45) is 17.1 Å². The number of ether oxygens (including phenoxy) is 1. The number of nitrogens with two attached hydrogens (primary N) is 1. The predicted molar refractivity (Wildman–Crippen MR) is 128 cm³/mol. The minimum absolute atomic E-state index is 0.00469. The number of rotatable bonds is 7. The van der Waals surface area contributed by atoms with Gasteiger partial charge in [0.15, 0.2) is 5.65 Å². The fraction of sp³-hybridized carbons (Fsp3) is 0.409. The van der Waals surface area contributed by atoms with E-state index in [0.29, 0.717) is 23.1 Å². The fourth-order valence-electron chi connectivity index (χ4n) is 3.82. The van der Waals surface area contributed by atoms with Crippen molar-refractivity contribution in [3.05, 3.63) is 49.4 Å². The van der Waals surface area contributed by atoms with Crippen molar-refractivity contribution in [1.29, 1.82) is 0 Å². The van der Waals surface area contributed by atoms with Crippen molar-refractivity contribution < 1.29 is 9.53 Å². The van der Waals surface area contributed by atoms with Gasteiger partial charge in [-0.25, -0.2) is 9.20 Å². The summed E-state index contributed by atoms with van der Waals surface area (Å²) in [5, 5.41) is 0.579. The number of halogens is 3. The third-order valence-electron chi connectivity index (χ3n) is 4.98. The summed E-state index contributed by atoms with van der Waals surface area (Å²) in [7, 11) is 0. The maximum atomic E-state index is 12.7. The molecule has 0 spiro atoms. The van der Waals surface area contributed by atoms with Crippen LogP contribution in [0.2, 0.25) is 15.2 Å². The van der Waals surface area contributed by atoms with E-state index < -0.39 is 11.6 Å². The van der Waals surface area contributed by atoms with Crippen LogP contribution >= 0.6 is 34.8 Å². The van der Waals surface area contributed by atoms with Crippen molar-refractivity contribution in [3.8, 4) is 17.1 Å². The number of carbonyl (C=O) groups is 1. The number of amides is 1. The van der Waals surface area contributed by atoms with Crippen molar-refractivity contribution in [3.63, 3.8) is 0 Å². The number of carbonyl (C=O) groups excluding carboxylic acids is 1. The predicted octanol–water partition coefficient (Wildman–Crippen LogP) is 5.59. The minimum atomic E-state index is -0.793. The summed E-state index contributed by atoms with van der Waals surface area (Å²) in [6.07, 6.45) is 1.82. The lowest BCUT2D eigenvalue weighted by Crippen LogP contribution is -2.21. The Morgan fingerprint density at radius 3 is 2.53 bits per heavy atom. The van der Waals surface area contributed by atoms with Crippen LogP contribution in [0.5, 0.6) is 6.01 Å². The number of benzene rings is 1. The van der Waals surface area contributed by atoms with Crippen LogP contribution in [0, 0.1) is 11.3 Å². The molecule has 2 aromatic heterocycles. The van der Waals surface area contributed by atoms with Crippen molar-refractivity contribution in [1.82, 2.24) is 14.4 Å². The number of aromatic nitrogens is 3. The molecule has 3 N–H and O–H groups in total. The topological polar surface area (TPSA) is 102 Å². The van der Waals surface area contributed by atoms with Crippen molar-refractivity contribution in [2.75, 3.05) is 6.61 Å². The molecule has 1 aromatic carbocycles. The number of nitrogens with zero attached hydrogens (tertiary/aromatic N) is 2. The average Bonchev–Trinajstić information content (AvgIpc) is 2.95. The summed E-state index contributed by atoms with van der Waals surface area (Å²) in [5.74, 6) is -0.367. The average molecular weight is 500 g/mol. The second-order valence-electron chi connectivity index (χ2n) is 9.05. The smallest absolute Gasteiger partial charge is 0.336 e. The van der Waals surface area contributed by atoms with Gasteiger partial charge in [-0.05, 0) is 41.9 Å². The highest BCUT2D eigenvalue weighted by Crippen LogP contribution is 2.37. The molecule has 0 aliphatic carbocycles. The molecule has 0 saturated carbocycles. The molecule has 0 radical (unpaired) electrons. The Kier molecular flexibility index (Phi) is 7.12. The molecule has 0 bridgehead atoms. The first-order valence-corrected chi connectivity index (χ1v) is 11.2. The summed E-state index contributed by atoms with van der Waals surface area (Å²) in [4.78, 5) is 32.0. The van der Waals surface area contributed by atoms with E-state index in [4.69, 9.17) is 45.3 Å². The first-order chi connectivity index (χ1) is 14.9. The quantitative estimate of drug-likeness (QED) is 0.442. The van der Waals surface area contributed by atoms with E-state index >= 15 is 0 Å². The molecular formula is C22H25Cl3N4O3. The number of H-pyrrole nitrogens is 1. The second-order valence-corrected chi connectivity index (χ2v) is 10.2. The molecular weight excluding hydrogens is 475 g/mol. The number of nitrogens with one attached hydrogen (secondary N) is 1. The lowest BCUT2D eigenvalue weighted by molar-refractivity contribution is 0.100. The zero-order chi connectivity index (χ0) is 23.8. The maximum absolute atomic E-state index is 12.7. The molecule has 1 amide bonds. The summed E-state index contributed by atoms with van der Waals surface area (Å²) >= 11 is 18.6. The number of hydrogen-bond acceptors (Lipinski definition) is 4. The molecule has 3 rings (SSSR count). The Bertz CT molecular complexity index is 1230. The SMILES string of the molecule is CC(CCOc1nc2c(C(N)=O)c(-c3ccc(Cl)c(Cl)c3)c(Cl)n2c(=O)[nH]1)CC(C)(C)C. The van der Waals surface area contributed by atoms with Crippen LogP contribution in [0.4, 0.5) is 0 Å². The number of primary amides is 1. The molecule has 0 aliphatic rings.